The highest BCUT2D eigenvalue weighted by molar-refractivity contribution is 5.93. The van der Waals surface area contributed by atoms with Crippen LogP contribution in [0.25, 0.3) is 0 Å². The van der Waals surface area contributed by atoms with Gasteiger partial charge in [0, 0.05) is 12.2 Å². The lowest BCUT2D eigenvalue weighted by Gasteiger charge is -2.28. The summed E-state index contributed by atoms with van der Waals surface area (Å²) in [6.45, 7) is 4.63. The van der Waals surface area contributed by atoms with Gasteiger partial charge in [-0.2, -0.15) is 5.10 Å². The summed E-state index contributed by atoms with van der Waals surface area (Å²) in [6, 6.07) is 1.82. The highest BCUT2D eigenvalue weighted by Crippen LogP contribution is 2.28. The van der Waals surface area contributed by atoms with Crippen LogP contribution in [0.3, 0.4) is 0 Å². The number of carbonyl (C=O) groups excluding carboxylic acids is 1. The second-order valence-corrected chi connectivity index (χ2v) is 5.51. The number of hydrogen-bond donors (Lipinski definition) is 3. The Labute approximate surface area is 108 Å². The van der Waals surface area contributed by atoms with Gasteiger partial charge in [-0.15, -0.1) is 0 Å². The number of nitrogens with two attached hydrogens (primary N) is 1. The van der Waals surface area contributed by atoms with E-state index in [1.165, 1.54) is 0 Å². The van der Waals surface area contributed by atoms with Crippen LogP contribution < -0.4 is 11.1 Å². The number of aromatic nitrogens is 2. The van der Waals surface area contributed by atoms with E-state index in [0.29, 0.717) is 18.2 Å². The number of carbonyl (C=O) groups is 1. The number of aromatic amines is 1. The summed E-state index contributed by atoms with van der Waals surface area (Å²) in [5.41, 5.74) is 7.03. The number of amides is 1. The maximum Gasteiger partial charge on any atom is 0.272 e. The first-order chi connectivity index (χ1) is 8.56. The standard InChI is InChI=1S/C13H22N4O/c1-9(2)10-7-11(17-16-10)12(18)15-13(8-14)5-3-4-6-13/h7,9H,3-6,8,14H2,1-2H3,(H,15,18)(H,16,17). The molecule has 1 aliphatic carbocycles. The molecule has 1 aliphatic rings. The quantitative estimate of drug-likeness (QED) is 0.757. The summed E-state index contributed by atoms with van der Waals surface area (Å²) in [6.07, 6.45) is 4.21. The smallest absolute Gasteiger partial charge is 0.272 e. The monoisotopic (exact) mass is 250 g/mol. The van der Waals surface area contributed by atoms with E-state index in [4.69, 9.17) is 5.73 Å². The number of hydrogen-bond acceptors (Lipinski definition) is 3. The first kappa shape index (κ1) is 13.1. The number of rotatable bonds is 4. The number of H-pyrrole nitrogens is 1. The lowest BCUT2D eigenvalue weighted by atomic mass is 9.97. The van der Waals surface area contributed by atoms with Crippen molar-refractivity contribution in [3.63, 3.8) is 0 Å². The summed E-state index contributed by atoms with van der Waals surface area (Å²) >= 11 is 0. The lowest BCUT2D eigenvalue weighted by molar-refractivity contribution is 0.0898. The maximum atomic E-state index is 12.2. The lowest BCUT2D eigenvalue weighted by Crippen LogP contribution is -2.51. The molecule has 1 amide bonds. The predicted octanol–water partition coefficient (Wildman–Crippen LogP) is 1.53. The average molecular weight is 250 g/mol. The summed E-state index contributed by atoms with van der Waals surface area (Å²) in [4.78, 5) is 12.2. The van der Waals surface area contributed by atoms with E-state index in [1.807, 2.05) is 6.07 Å². The van der Waals surface area contributed by atoms with Crippen LogP contribution in [-0.2, 0) is 0 Å². The van der Waals surface area contributed by atoms with Gasteiger partial charge in [-0.3, -0.25) is 9.89 Å². The number of nitrogens with one attached hydrogen (secondary N) is 2. The number of nitrogens with zero attached hydrogens (tertiary/aromatic N) is 1. The molecule has 0 spiro atoms. The Kier molecular flexibility index (Phi) is 3.71. The summed E-state index contributed by atoms with van der Waals surface area (Å²) in [5.74, 6) is 0.222. The molecule has 1 saturated carbocycles. The third kappa shape index (κ3) is 2.56. The molecule has 5 nitrogen and oxygen atoms in total. The molecule has 0 saturated heterocycles. The second-order valence-electron chi connectivity index (χ2n) is 5.51. The van der Waals surface area contributed by atoms with Gasteiger partial charge in [-0.05, 0) is 24.8 Å². The van der Waals surface area contributed by atoms with Crippen LogP contribution in [0, 0.1) is 0 Å². The van der Waals surface area contributed by atoms with Gasteiger partial charge in [0.1, 0.15) is 5.69 Å². The van der Waals surface area contributed by atoms with Crippen molar-refractivity contribution in [2.75, 3.05) is 6.54 Å². The van der Waals surface area contributed by atoms with E-state index in [1.54, 1.807) is 0 Å². The summed E-state index contributed by atoms with van der Waals surface area (Å²) < 4.78 is 0. The molecular weight excluding hydrogens is 228 g/mol. The molecule has 1 heterocycles. The zero-order valence-corrected chi connectivity index (χ0v) is 11.1. The van der Waals surface area contributed by atoms with Crippen LogP contribution in [0.5, 0.6) is 0 Å². The molecule has 0 aliphatic heterocycles. The average Bonchev–Trinajstić information content (AvgIpc) is 2.98. The van der Waals surface area contributed by atoms with Gasteiger partial charge in [0.2, 0.25) is 0 Å². The summed E-state index contributed by atoms with van der Waals surface area (Å²) in [7, 11) is 0. The Bertz CT molecular complexity index is 418. The van der Waals surface area contributed by atoms with Crippen molar-refractivity contribution in [1.29, 1.82) is 0 Å². The molecule has 0 aromatic carbocycles. The van der Waals surface area contributed by atoms with Crippen molar-refractivity contribution in [2.24, 2.45) is 5.73 Å². The molecular formula is C13H22N4O. The molecule has 1 aromatic heterocycles. The molecule has 0 unspecified atom stereocenters. The Morgan fingerprint density at radius 1 is 1.56 bits per heavy atom. The zero-order valence-electron chi connectivity index (χ0n) is 11.1. The fourth-order valence-corrected chi connectivity index (χ4v) is 2.49. The fraction of sp³-hybridized carbons (Fsp3) is 0.692. The topological polar surface area (TPSA) is 83.8 Å². The van der Waals surface area contributed by atoms with Crippen molar-refractivity contribution in [3.8, 4) is 0 Å². The van der Waals surface area contributed by atoms with Crippen LogP contribution in [0.2, 0.25) is 0 Å². The van der Waals surface area contributed by atoms with Crippen molar-refractivity contribution < 1.29 is 4.79 Å². The molecule has 2 rings (SSSR count). The van der Waals surface area contributed by atoms with Crippen LogP contribution in [0.1, 0.15) is 61.6 Å². The highest BCUT2D eigenvalue weighted by atomic mass is 16.2. The minimum Gasteiger partial charge on any atom is -0.344 e. The minimum absolute atomic E-state index is 0.120. The van der Waals surface area contributed by atoms with Crippen molar-refractivity contribution in [1.82, 2.24) is 15.5 Å². The first-order valence-corrected chi connectivity index (χ1v) is 6.64. The predicted molar refractivity (Wildman–Crippen MR) is 70.4 cm³/mol. The van der Waals surface area contributed by atoms with Gasteiger partial charge >= 0.3 is 0 Å². The van der Waals surface area contributed by atoms with Crippen LogP contribution in [-0.4, -0.2) is 28.2 Å². The maximum absolute atomic E-state index is 12.2. The minimum atomic E-state index is -0.214. The Morgan fingerprint density at radius 2 is 2.22 bits per heavy atom. The van der Waals surface area contributed by atoms with E-state index < -0.39 is 0 Å². The van der Waals surface area contributed by atoms with E-state index in [9.17, 15) is 4.79 Å². The van der Waals surface area contributed by atoms with Crippen LogP contribution in [0.15, 0.2) is 6.07 Å². The van der Waals surface area contributed by atoms with E-state index >= 15 is 0 Å². The van der Waals surface area contributed by atoms with Crippen molar-refractivity contribution in [2.45, 2.75) is 51.0 Å². The first-order valence-electron chi connectivity index (χ1n) is 6.64. The van der Waals surface area contributed by atoms with Gasteiger partial charge in [0.15, 0.2) is 0 Å². The Hall–Kier alpha value is -1.36. The largest absolute Gasteiger partial charge is 0.344 e. The van der Waals surface area contributed by atoms with Gasteiger partial charge in [0.05, 0.1) is 5.54 Å². The normalized spacial score (nSPS) is 18.2. The van der Waals surface area contributed by atoms with E-state index in [0.717, 1.165) is 31.4 Å². The van der Waals surface area contributed by atoms with Gasteiger partial charge in [-0.1, -0.05) is 26.7 Å². The van der Waals surface area contributed by atoms with E-state index in [2.05, 4.69) is 29.4 Å². The fourth-order valence-electron chi connectivity index (χ4n) is 2.49. The molecule has 0 atom stereocenters. The zero-order chi connectivity index (χ0) is 13.2. The molecule has 18 heavy (non-hydrogen) atoms. The van der Waals surface area contributed by atoms with Gasteiger partial charge in [0.25, 0.3) is 5.91 Å². The molecule has 0 bridgehead atoms. The van der Waals surface area contributed by atoms with E-state index in [-0.39, 0.29) is 11.4 Å². The van der Waals surface area contributed by atoms with Crippen LogP contribution >= 0.6 is 0 Å². The molecule has 1 fully saturated rings. The molecule has 100 valence electrons. The molecule has 1 aromatic rings. The third-order valence-electron chi connectivity index (χ3n) is 3.78. The van der Waals surface area contributed by atoms with Crippen LogP contribution in [0.4, 0.5) is 0 Å². The molecule has 0 radical (unpaired) electrons. The molecule has 4 N–H and O–H groups in total. The Balaban J connectivity index is 2.06. The summed E-state index contributed by atoms with van der Waals surface area (Å²) in [5, 5.41) is 10.0. The Morgan fingerprint density at radius 3 is 2.72 bits per heavy atom. The molecule has 5 heteroatoms. The van der Waals surface area contributed by atoms with Gasteiger partial charge in [-0.25, -0.2) is 0 Å². The van der Waals surface area contributed by atoms with Crippen molar-refractivity contribution in [3.05, 3.63) is 17.5 Å². The van der Waals surface area contributed by atoms with Gasteiger partial charge < -0.3 is 11.1 Å². The third-order valence-corrected chi connectivity index (χ3v) is 3.78. The van der Waals surface area contributed by atoms with Crippen molar-refractivity contribution >= 4 is 5.91 Å². The SMILES string of the molecule is CC(C)c1cc(C(=O)NC2(CN)CCCC2)n[nH]1. The second kappa shape index (κ2) is 5.10. The highest BCUT2D eigenvalue weighted by Gasteiger charge is 2.34.